The Hall–Kier alpha value is -1.90. The van der Waals surface area contributed by atoms with Crippen LogP contribution in [0.3, 0.4) is 0 Å². The summed E-state index contributed by atoms with van der Waals surface area (Å²) in [4.78, 5) is 0. The second kappa shape index (κ2) is 5.55. The second-order valence-electron chi connectivity index (χ2n) is 8.48. The zero-order valence-electron chi connectivity index (χ0n) is 16.3. The van der Waals surface area contributed by atoms with Crippen molar-refractivity contribution in [3.8, 4) is 0 Å². The van der Waals surface area contributed by atoms with Gasteiger partial charge in [-0.25, -0.2) is 0 Å². The summed E-state index contributed by atoms with van der Waals surface area (Å²) in [5.74, 6) is 0. The molecule has 0 N–H and O–H groups in total. The van der Waals surface area contributed by atoms with Gasteiger partial charge in [0, 0.05) is 11.0 Å². The second-order valence-corrected chi connectivity index (χ2v) is 11.9. The summed E-state index contributed by atoms with van der Waals surface area (Å²) < 4.78 is 7.15. The molecule has 0 saturated carbocycles. The van der Waals surface area contributed by atoms with Crippen LogP contribution in [0.4, 0.5) is 0 Å². The molecule has 1 nitrogen and oxygen atoms in total. The lowest BCUT2D eigenvalue weighted by molar-refractivity contribution is -0.0290. The van der Waals surface area contributed by atoms with Gasteiger partial charge >= 0.3 is 0 Å². The fourth-order valence-corrected chi connectivity index (χ4v) is 8.46. The molecule has 0 amide bonds. The van der Waals surface area contributed by atoms with E-state index in [9.17, 15) is 0 Å². The summed E-state index contributed by atoms with van der Waals surface area (Å²) in [6, 6.07) is 15.3. The molecule has 2 aromatic rings. The topological polar surface area (TPSA) is 9.23 Å². The van der Waals surface area contributed by atoms with Crippen LogP contribution < -0.4 is 0 Å². The van der Waals surface area contributed by atoms with Gasteiger partial charge in [-0.1, -0.05) is 67.7 Å². The quantitative estimate of drug-likeness (QED) is 0.613. The number of benzene rings is 2. The van der Waals surface area contributed by atoms with Crippen LogP contribution in [0.25, 0.3) is 0 Å². The Balaban J connectivity index is 1.78. The van der Waals surface area contributed by atoms with Crippen LogP contribution in [0.1, 0.15) is 54.1 Å². The van der Waals surface area contributed by atoms with Crippen molar-refractivity contribution >= 4 is 8.32 Å². The van der Waals surface area contributed by atoms with Gasteiger partial charge in [0.2, 0.25) is 8.32 Å². The first-order valence-electron chi connectivity index (χ1n) is 9.46. The molecule has 134 valence electrons. The van der Waals surface area contributed by atoms with Crippen molar-refractivity contribution in [3.63, 3.8) is 0 Å². The highest BCUT2D eigenvalue weighted by atomic mass is 28.4. The first-order chi connectivity index (χ1) is 12.3. The largest absolute Gasteiger partial charge is 0.398 e. The SMILES string of the molecule is C=C[Si](C=C)(OC1(C)c2c(C)cccc2C1(C)C)C1Cc2ccccc21. The summed E-state index contributed by atoms with van der Waals surface area (Å²) in [5.41, 5.74) is 11.2. The molecule has 2 heteroatoms. The number of fused-ring (bicyclic) bond motifs is 2. The highest BCUT2D eigenvalue weighted by Gasteiger charge is 2.60. The fourth-order valence-electron chi connectivity index (χ4n) is 5.04. The van der Waals surface area contributed by atoms with Crippen LogP contribution in [-0.4, -0.2) is 8.32 Å². The average Bonchev–Trinajstić information content (AvgIpc) is 2.61. The average molecular weight is 361 g/mol. The van der Waals surface area contributed by atoms with Gasteiger partial charge in [0.15, 0.2) is 0 Å². The fraction of sp³-hybridized carbons (Fsp3) is 0.333. The molecule has 2 aromatic carbocycles. The van der Waals surface area contributed by atoms with E-state index in [1.165, 1.54) is 27.8 Å². The third-order valence-electron chi connectivity index (χ3n) is 7.03. The lowest BCUT2D eigenvalue weighted by Crippen LogP contribution is -2.62. The van der Waals surface area contributed by atoms with E-state index >= 15 is 0 Å². The Kier molecular flexibility index (Phi) is 3.73. The maximum atomic E-state index is 7.15. The van der Waals surface area contributed by atoms with Gasteiger partial charge in [-0.05, 0) is 48.1 Å². The summed E-state index contributed by atoms with van der Waals surface area (Å²) in [6.45, 7) is 17.5. The smallest absolute Gasteiger partial charge is 0.249 e. The zero-order chi connectivity index (χ0) is 18.7. The molecule has 4 rings (SSSR count). The molecule has 0 saturated heterocycles. The van der Waals surface area contributed by atoms with Crippen LogP contribution in [0.15, 0.2) is 67.0 Å². The molecular formula is C24H28OSi. The predicted octanol–water partition coefficient (Wildman–Crippen LogP) is 5.79. The Morgan fingerprint density at radius 3 is 2.38 bits per heavy atom. The van der Waals surface area contributed by atoms with E-state index in [1.54, 1.807) is 0 Å². The van der Waals surface area contributed by atoms with Gasteiger partial charge in [-0.15, -0.1) is 13.2 Å². The standard InChI is InChI=1S/C24H28OSi/c1-7-26(8-2,21-16-18-13-9-10-14-19(18)21)25-24(6)22-17(3)12-11-15-20(22)23(24,4)5/h7-15,21H,1-2,16H2,3-6H3. The van der Waals surface area contributed by atoms with Crippen molar-refractivity contribution in [1.29, 1.82) is 0 Å². The predicted molar refractivity (Wildman–Crippen MR) is 112 cm³/mol. The molecule has 0 bridgehead atoms. The van der Waals surface area contributed by atoms with E-state index in [-0.39, 0.29) is 11.0 Å². The van der Waals surface area contributed by atoms with Crippen molar-refractivity contribution in [2.75, 3.05) is 0 Å². The lowest BCUT2D eigenvalue weighted by atomic mass is 9.55. The van der Waals surface area contributed by atoms with Crippen LogP contribution in [0, 0.1) is 6.92 Å². The van der Waals surface area contributed by atoms with E-state index < -0.39 is 8.32 Å². The molecule has 2 unspecified atom stereocenters. The molecular weight excluding hydrogens is 332 g/mol. The molecule has 0 spiro atoms. The van der Waals surface area contributed by atoms with Crippen LogP contribution >= 0.6 is 0 Å². The molecule has 0 aliphatic heterocycles. The number of rotatable bonds is 5. The molecule has 0 fully saturated rings. The zero-order valence-corrected chi connectivity index (χ0v) is 17.3. The Morgan fingerprint density at radius 2 is 1.73 bits per heavy atom. The first-order valence-corrected chi connectivity index (χ1v) is 11.6. The Bertz CT molecular complexity index is 902. The van der Waals surface area contributed by atoms with E-state index in [0.717, 1.165) is 6.42 Å². The van der Waals surface area contributed by atoms with Crippen molar-refractivity contribution in [2.24, 2.45) is 0 Å². The van der Waals surface area contributed by atoms with Crippen LogP contribution in [0.2, 0.25) is 0 Å². The van der Waals surface area contributed by atoms with E-state index in [2.05, 4.69) is 94.7 Å². The molecule has 2 aliphatic rings. The molecule has 26 heavy (non-hydrogen) atoms. The van der Waals surface area contributed by atoms with Crippen LogP contribution in [-0.2, 0) is 21.9 Å². The summed E-state index contributed by atoms with van der Waals surface area (Å²) in [7, 11) is -2.37. The molecule has 2 atom stereocenters. The third-order valence-corrected chi connectivity index (χ3v) is 10.7. The minimum Gasteiger partial charge on any atom is -0.398 e. The van der Waals surface area contributed by atoms with Crippen LogP contribution in [0.5, 0.6) is 0 Å². The minimum atomic E-state index is -2.37. The Labute approximate surface area is 158 Å². The van der Waals surface area contributed by atoms with E-state index in [1.807, 2.05) is 0 Å². The minimum absolute atomic E-state index is 0.0259. The maximum Gasteiger partial charge on any atom is 0.249 e. The third kappa shape index (κ3) is 2.00. The van der Waals surface area contributed by atoms with Gasteiger partial charge in [0.1, 0.15) is 0 Å². The highest BCUT2D eigenvalue weighted by Crippen LogP contribution is 2.60. The van der Waals surface area contributed by atoms with Gasteiger partial charge in [0.05, 0.1) is 5.60 Å². The Morgan fingerprint density at radius 1 is 1.04 bits per heavy atom. The molecule has 2 aliphatic carbocycles. The van der Waals surface area contributed by atoms with Crippen molar-refractivity contribution in [1.82, 2.24) is 0 Å². The van der Waals surface area contributed by atoms with Gasteiger partial charge < -0.3 is 4.43 Å². The molecule has 0 radical (unpaired) electrons. The van der Waals surface area contributed by atoms with Gasteiger partial charge in [-0.2, -0.15) is 0 Å². The first kappa shape index (κ1) is 17.5. The van der Waals surface area contributed by atoms with Gasteiger partial charge in [0.25, 0.3) is 0 Å². The number of hydrogen-bond donors (Lipinski definition) is 0. The van der Waals surface area contributed by atoms with Gasteiger partial charge in [-0.3, -0.25) is 0 Å². The molecule has 0 aromatic heterocycles. The van der Waals surface area contributed by atoms with Crippen molar-refractivity contribution < 1.29 is 4.43 Å². The number of aryl methyl sites for hydroxylation is 1. The summed E-state index contributed by atoms with van der Waals surface area (Å²) in [6.07, 6.45) is 1.07. The van der Waals surface area contributed by atoms with E-state index in [0.29, 0.717) is 5.54 Å². The highest BCUT2D eigenvalue weighted by molar-refractivity contribution is 6.84. The lowest BCUT2D eigenvalue weighted by Gasteiger charge is -2.60. The summed E-state index contributed by atoms with van der Waals surface area (Å²) in [5, 5.41) is 0. The van der Waals surface area contributed by atoms with Crippen molar-refractivity contribution in [3.05, 3.63) is 94.8 Å². The maximum absolute atomic E-state index is 7.15. The normalized spacial score (nSPS) is 25.3. The number of hydrogen-bond acceptors (Lipinski definition) is 1. The van der Waals surface area contributed by atoms with E-state index in [4.69, 9.17) is 4.43 Å². The monoisotopic (exact) mass is 360 g/mol. The van der Waals surface area contributed by atoms with Crippen molar-refractivity contribution in [2.45, 2.75) is 50.7 Å². The molecule has 0 heterocycles. The summed E-state index contributed by atoms with van der Waals surface area (Å²) >= 11 is 0.